The Morgan fingerprint density at radius 3 is 2.20 bits per heavy atom. The van der Waals surface area contributed by atoms with Gasteiger partial charge in [-0.05, 0) is 36.5 Å². The molecule has 0 heterocycles. The smallest absolute Gasteiger partial charge is 0.0452 e. The van der Waals surface area contributed by atoms with Crippen molar-refractivity contribution in [3.05, 3.63) is 33.8 Å². The Morgan fingerprint density at radius 2 is 1.73 bits per heavy atom. The summed E-state index contributed by atoms with van der Waals surface area (Å²) in [5.74, 6) is 0.631. The highest BCUT2D eigenvalue weighted by molar-refractivity contribution is 9.09. The van der Waals surface area contributed by atoms with Gasteiger partial charge in [0, 0.05) is 14.9 Å². The van der Waals surface area contributed by atoms with Gasteiger partial charge in [0.05, 0.1) is 0 Å². The normalized spacial score (nSPS) is 13.2. The number of hydrogen-bond donors (Lipinski definition) is 0. The molecule has 84 valence electrons. The molecule has 0 nitrogen and oxygen atoms in total. The van der Waals surface area contributed by atoms with Crippen LogP contribution < -0.4 is 0 Å². The highest BCUT2D eigenvalue weighted by Gasteiger charge is 2.11. The van der Waals surface area contributed by atoms with Crippen molar-refractivity contribution in [2.75, 3.05) is 0 Å². The topological polar surface area (TPSA) is 0 Å². The lowest BCUT2D eigenvalue weighted by atomic mass is 10.0. The summed E-state index contributed by atoms with van der Waals surface area (Å²) in [6, 6.07) is 5.66. The van der Waals surface area contributed by atoms with Crippen LogP contribution in [0.5, 0.6) is 0 Å². The lowest BCUT2D eigenvalue weighted by Gasteiger charge is -2.14. The second-order valence-electron chi connectivity index (χ2n) is 4.00. The molecule has 0 amide bonds. The fourth-order valence-corrected chi connectivity index (χ4v) is 2.20. The second-order valence-corrected chi connectivity index (χ2v) is 5.99. The summed E-state index contributed by atoms with van der Waals surface area (Å²) in [5.41, 5.74) is 1.06. The van der Waals surface area contributed by atoms with Gasteiger partial charge < -0.3 is 0 Å². The quantitative estimate of drug-likeness (QED) is 0.658. The molecule has 3 heteroatoms. The van der Waals surface area contributed by atoms with Gasteiger partial charge in [-0.3, -0.25) is 0 Å². The Balaban J connectivity index is 2.65. The van der Waals surface area contributed by atoms with Gasteiger partial charge in [0.25, 0.3) is 0 Å². The van der Waals surface area contributed by atoms with Crippen LogP contribution in [0.4, 0.5) is 0 Å². The monoisotopic (exact) mass is 308 g/mol. The lowest BCUT2D eigenvalue weighted by molar-refractivity contribution is 0.582. The van der Waals surface area contributed by atoms with E-state index in [1.807, 2.05) is 18.2 Å². The van der Waals surface area contributed by atoms with Crippen molar-refractivity contribution in [2.45, 2.75) is 31.5 Å². The van der Waals surface area contributed by atoms with E-state index in [2.05, 4.69) is 29.8 Å². The van der Waals surface area contributed by atoms with Crippen LogP contribution in [0.25, 0.3) is 0 Å². The van der Waals surface area contributed by atoms with Crippen molar-refractivity contribution >= 4 is 39.1 Å². The molecule has 1 aromatic carbocycles. The molecule has 0 radical (unpaired) electrons. The minimum atomic E-state index is 0.518. The minimum absolute atomic E-state index is 0.518. The van der Waals surface area contributed by atoms with Gasteiger partial charge in [-0.2, -0.15) is 0 Å². The average Bonchev–Trinajstić information content (AvgIpc) is 2.16. The first-order chi connectivity index (χ1) is 7.02. The maximum atomic E-state index is 6.09. The van der Waals surface area contributed by atoms with E-state index < -0.39 is 0 Å². The van der Waals surface area contributed by atoms with Crippen LogP contribution >= 0.6 is 39.1 Å². The molecular weight excluding hydrogens is 295 g/mol. The largest absolute Gasteiger partial charge is 0.0888 e. The van der Waals surface area contributed by atoms with Crippen LogP contribution in [-0.2, 0) is 6.42 Å². The first-order valence-corrected chi connectivity index (χ1v) is 6.76. The molecule has 0 spiro atoms. The summed E-state index contributed by atoms with van der Waals surface area (Å²) in [4.78, 5) is 0.518. The van der Waals surface area contributed by atoms with Gasteiger partial charge in [-0.1, -0.05) is 59.0 Å². The van der Waals surface area contributed by atoms with Crippen LogP contribution in [0.1, 0.15) is 25.8 Å². The summed E-state index contributed by atoms with van der Waals surface area (Å²) in [6.45, 7) is 4.40. The first kappa shape index (κ1) is 13.3. The van der Waals surface area contributed by atoms with E-state index in [1.54, 1.807) is 0 Å². The van der Waals surface area contributed by atoms with E-state index in [0.29, 0.717) is 10.7 Å². The van der Waals surface area contributed by atoms with Crippen molar-refractivity contribution in [2.24, 2.45) is 5.92 Å². The molecule has 1 aromatic rings. The summed E-state index contributed by atoms with van der Waals surface area (Å²) in [7, 11) is 0. The highest BCUT2D eigenvalue weighted by atomic mass is 79.9. The lowest BCUT2D eigenvalue weighted by Crippen LogP contribution is -2.08. The van der Waals surface area contributed by atoms with Crippen molar-refractivity contribution in [1.29, 1.82) is 0 Å². The van der Waals surface area contributed by atoms with Crippen molar-refractivity contribution < 1.29 is 0 Å². The first-order valence-electron chi connectivity index (χ1n) is 5.09. The molecule has 15 heavy (non-hydrogen) atoms. The molecule has 1 unspecified atom stereocenters. The highest BCUT2D eigenvalue weighted by Crippen LogP contribution is 2.27. The van der Waals surface area contributed by atoms with Gasteiger partial charge in [0.2, 0.25) is 0 Å². The third-order valence-electron chi connectivity index (χ3n) is 2.46. The van der Waals surface area contributed by atoms with E-state index in [9.17, 15) is 0 Å². The number of rotatable bonds is 4. The maximum Gasteiger partial charge on any atom is 0.0452 e. The summed E-state index contributed by atoms with van der Waals surface area (Å²) in [6.07, 6.45) is 1.98. The van der Waals surface area contributed by atoms with Gasteiger partial charge in [0.1, 0.15) is 0 Å². The molecule has 0 aliphatic rings. The van der Waals surface area contributed by atoms with Crippen LogP contribution in [0.3, 0.4) is 0 Å². The molecule has 0 N–H and O–H groups in total. The Labute approximate surface area is 110 Å². The molecule has 0 aliphatic carbocycles. The van der Waals surface area contributed by atoms with Gasteiger partial charge in [-0.15, -0.1) is 0 Å². The minimum Gasteiger partial charge on any atom is -0.0888 e. The summed E-state index contributed by atoms with van der Waals surface area (Å²) < 4.78 is 0. The average molecular weight is 310 g/mol. The number of hydrogen-bond acceptors (Lipinski definition) is 0. The van der Waals surface area contributed by atoms with E-state index >= 15 is 0 Å². The summed E-state index contributed by atoms with van der Waals surface area (Å²) >= 11 is 15.8. The third-order valence-corrected chi connectivity index (χ3v) is 4.68. The molecule has 0 bridgehead atoms. The predicted molar refractivity (Wildman–Crippen MR) is 72.3 cm³/mol. The van der Waals surface area contributed by atoms with E-state index in [-0.39, 0.29) is 0 Å². The molecule has 0 aliphatic heterocycles. The second kappa shape index (κ2) is 6.12. The standard InChI is InChI=1S/C12H15BrCl2/c1-8(2)10(13)7-6-9-11(14)4-3-5-12(9)15/h3-5,8,10H,6-7H2,1-2H3. The fourth-order valence-electron chi connectivity index (χ4n) is 1.39. The van der Waals surface area contributed by atoms with Gasteiger partial charge in [-0.25, -0.2) is 0 Å². The molecule has 0 fully saturated rings. The third kappa shape index (κ3) is 3.97. The van der Waals surface area contributed by atoms with E-state index in [1.165, 1.54) is 0 Å². The van der Waals surface area contributed by atoms with Crippen molar-refractivity contribution in [1.82, 2.24) is 0 Å². The molecule has 0 saturated heterocycles. The van der Waals surface area contributed by atoms with Crippen LogP contribution in [0.2, 0.25) is 10.0 Å². The molecule has 0 saturated carbocycles. The van der Waals surface area contributed by atoms with Crippen LogP contribution in [0, 0.1) is 5.92 Å². The number of halogens is 3. The zero-order valence-electron chi connectivity index (χ0n) is 8.93. The van der Waals surface area contributed by atoms with Crippen LogP contribution in [-0.4, -0.2) is 4.83 Å². The Bertz CT molecular complexity index is 303. The van der Waals surface area contributed by atoms with E-state index in [0.717, 1.165) is 28.5 Å². The maximum absolute atomic E-state index is 6.09. The molecule has 1 atom stereocenters. The van der Waals surface area contributed by atoms with Gasteiger partial charge in [0.15, 0.2) is 0 Å². The zero-order valence-corrected chi connectivity index (χ0v) is 12.0. The van der Waals surface area contributed by atoms with Crippen LogP contribution in [0.15, 0.2) is 18.2 Å². The number of alkyl halides is 1. The predicted octanol–water partition coefficient (Wildman–Crippen LogP) is 5.35. The molecule has 0 aromatic heterocycles. The van der Waals surface area contributed by atoms with E-state index in [4.69, 9.17) is 23.2 Å². The fraction of sp³-hybridized carbons (Fsp3) is 0.500. The van der Waals surface area contributed by atoms with Gasteiger partial charge >= 0.3 is 0 Å². The molecule has 1 rings (SSSR count). The summed E-state index contributed by atoms with van der Waals surface area (Å²) in [5, 5.41) is 1.54. The SMILES string of the molecule is CC(C)C(Br)CCc1c(Cl)cccc1Cl. The van der Waals surface area contributed by atoms with Crippen molar-refractivity contribution in [3.63, 3.8) is 0 Å². The Hall–Kier alpha value is 0.280. The zero-order chi connectivity index (χ0) is 11.4. The molecular formula is C12H15BrCl2. The Kier molecular flexibility index (Phi) is 5.45. The number of benzene rings is 1. The Morgan fingerprint density at radius 1 is 1.20 bits per heavy atom. The van der Waals surface area contributed by atoms with Crippen molar-refractivity contribution in [3.8, 4) is 0 Å².